The minimum absolute atomic E-state index is 0.108. The minimum Gasteiger partial charge on any atom is -0.494 e. The van der Waals surface area contributed by atoms with Crippen LogP contribution in [-0.2, 0) is 14.8 Å². The average Bonchev–Trinajstić information content (AvgIpc) is 2.93. The predicted octanol–water partition coefficient (Wildman–Crippen LogP) is 3.76. The van der Waals surface area contributed by atoms with Crippen LogP contribution in [0.4, 0.5) is 5.69 Å². The van der Waals surface area contributed by atoms with Gasteiger partial charge in [0.2, 0.25) is 0 Å². The second kappa shape index (κ2) is 7.08. The zero-order chi connectivity index (χ0) is 17.2. The van der Waals surface area contributed by atoms with Gasteiger partial charge in [-0.3, -0.25) is 4.72 Å². The highest BCUT2D eigenvalue weighted by Gasteiger charge is 2.25. The van der Waals surface area contributed by atoms with E-state index in [2.05, 4.69) is 25.4 Å². The van der Waals surface area contributed by atoms with Crippen molar-refractivity contribution in [3.05, 3.63) is 38.0 Å². The van der Waals surface area contributed by atoms with E-state index in [1.807, 2.05) is 0 Å². The number of thiophene rings is 1. The van der Waals surface area contributed by atoms with Gasteiger partial charge in [0.25, 0.3) is 10.0 Å². The Bertz CT molecular complexity index is 850. The van der Waals surface area contributed by atoms with Gasteiger partial charge in [-0.1, -0.05) is 11.6 Å². The van der Waals surface area contributed by atoms with Crippen LogP contribution in [0.2, 0.25) is 5.02 Å². The Morgan fingerprint density at radius 3 is 2.65 bits per heavy atom. The zero-order valence-corrected chi connectivity index (χ0v) is 15.9. The monoisotopic (exact) mass is 439 g/mol. The highest BCUT2D eigenvalue weighted by Crippen LogP contribution is 2.36. The summed E-state index contributed by atoms with van der Waals surface area (Å²) in [6.45, 7) is 0. The fourth-order valence-corrected chi connectivity index (χ4v) is 5.06. The van der Waals surface area contributed by atoms with E-state index >= 15 is 0 Å². The van der Waals surface area contributed by atoms with E-state index in [-0.39, 0.29) is 26.2 Å². The van der Waals surface area contributed by atoms with Gasteiger partial charge in [0.05, 0.1) is 24.4 Å². The molecule has 0 amide bonds. The topological polar surface area (TPSA) is 81.7 Å². The first-order valence-corrected chi connectivity index (χ1v) is 9.55. The predicted molar refractivity (Wildman–Crippen MR) is 92.2 cm³/mol. The van der Waals surface area contributed by atoms with Crippen LogP contribution < -0.4 is 9.46 Å². The summed E-state index contributed by atoms with van der Waals surface area (Å²) >= 11 is 10.2. The van der Waals surface area contributed by atoms with Crippen molar-refractivity contribution in [1.29, 1.82) is 0 Å². The Hall–Kier alpha value is -1.29. The quantitative estimate of drug-likeness (QED) is 0.716. The minimum atomic E-state index is -4.03. The number of rotatable bonds is 5. The molecular weight excluding hydrogens is 430 g/mol. The number of hydrogen-bond donors (Lipinski definition) is 1. The van der Waals surface area contributed by atoms with Gasteiger partial charge < -0.3 is 9.47 Å². The van der Waals surface area contributed by atoms with Gasteiger partial charge >= 0.3 is 5.97 Å². The number of hydrogen-bond acceptors (Lipinski definition) is 6. The third-order valence-corrected chi connectivity index (χ3v) is 5.82. The van der Waals surface area contributed by atoms with Crippen molar-refractivity contribution in [1.82, 2.24) is 0 Å². The molecule has 0 aliphatic carbocycles. The van der Waals surface area contributed by atoms with Crippen molar-refractivity contribution in [2.45, 2.75) is 4.90 Å². The van der Waals surface area contributed by atoms with Crippen LogP contribution in [0.25, 0.3) is 0 Å². The molecule has 0 aliphatic rings. The smallest absolute Gasteiger partial charge is 0.350 e. The first kappa shape index (κ1) is 18.1. The highest BCUT2D eigenvalue weighted by atomic mass is 79.9. The van der Waals surface area contributed by atoms with Crippen molar-refractivity contribution in [3.8, 4) is 5.75 Å². The van der Waals surface area contributed by atoms with E-state index in [1.54, 1.807) is 5.38 Å². The van der Waals surface area contributed by atoms with E-state index in [0.717, 1.165) is 11.3 Å². The van der Waals surface area contributed by atoms with Crippen LogP contribution in [0, 0.1) is 0 Å². The lowest BCUT2D eigenvalue weighted by Crippen LogP contribution is -2.16. The molecule has 2 rings (SSSR count). The van der Waals surface area contributed by atoms with Crippen molar-refractivity contribution < 1.29 is 22.7 Å². The number of carbonyl (C=O) groups is 1. The van der Waals surface area contributed by atoms with Gasteiger partial charge in [0.15, 0.2) is 5.75 Å². The van der Waals surface area contributed by atoms with Crippen molar-refractivity contribution in [2.24, 2.45) is 0 Å². The van der Waals surface area contributed by atoms with Crippen LogP contribution in [0.15, 0.2) is 32.9 Å². The summed E-state index contributed by atoms with van der Waals surface area (Å²) in [4.78, 5) is 11.6. The van der Waals surface area contributed by atoms with Gasteiger partial charge in [0, 0.05) is 5.02 Å². The second-order valence-electron chi connectivity index (χ2n) is 4.18. The van der Waals surface area contributed by atoms with Crippen LogP contribution in [0.5, 0.6) is 5.75 Å². The molecule has 1 N–H and O–H groups in total. The number of ether oxygens (including phenoxy) is 2. The summed E-state index contributed by atoms with van der Waals surface area (Å²) in [5, 5.41) is 1.80. The summed E-state index contributed by atoms with van der Waals surface area (Å²) in [5.41, 5.74) is 0.125. The number of benzene rings is 1. The maximum atomic E-state index is 12.6. The summed E-state index contributed by atoms with van der Waals surface area (Å²) in [7, 11) is -1.46. The van der Waals surface area contributed by atoms with Gasteiger partial charge in [0.1, 0.15) is 9.77 Å². The maximum absolute atomic E-state index is 12.6. The van der Waals surface area contributed by atoms with Gasteiger partial charge in [-0.25, -0.2) is 13.2 Å². The molecule has 23 heavy (non-hydrogen) atoms. The third kappa shape index (κ3) is 3.79. The number of anilines is 1. The molecule has 0 atom stereocenters. The molecule has 0 fully saturated rings. The van der Waals surface area contributed by atoms with Crippen molar-refractivity contribution in [3.63, 3.8) is 0 Å². The lowest BCUT2D eigenvalue weighted by atomic mass is 10.3. The normalized spacial score (nSPS) is 11.1. The molecule has 0 radical (unpaired) electrons. The van der Waals surface area contributed by atoms with Crippen molar-refractivity contribution >= 4 is 60.5 Å². The lowest BCUT2D eigenvalue weighted by Gasteiger charge is -2.13. The largest absolute Gasteiger partial charge is 0.494 e. The Morgan fingerprint density at radius 2 is 2.04 bits per heavy atom. The molecule has 1 heterocycles. The fourth-order valence-electron chi connectivity index (χ4n) is 1.77. The highest BCUT2D eigenvalue weighted by molar-refractivity contribution is 9.10. The molecule has 2 aromatic rings. The van der Waals surface area contributed by atoms with Gasteiger partial charge in [-0.2, -0.15) is 0 Å². The zero-order valence-electron chi connectivity index (χ0n) is 11.9. The van der Waals surface area contributed by atoms with E-state index in [1.165, 1.54) is 32.4 Å². The molecule has 0 unspecified atom stereocenters. The molecule has 6 nitrogen and oxygen atoms in total. The van der Waals surface area contributed by atoms with Crippen LogP contribution >= 0.6 is 38.9 Å². The van der Waals surface area contributed by atoms with E-state index in [9.17, 15) is 13.2 Å². The summed E-state index contributed by atoms with van der Waals surface area (Å²) in [6, 6.07) is 4.25. The molecule has 1 aromatic heterocycles. The number of carbonyl (C=O) groups excluding carboxylic acids is 1. The SMILES string of the molecule is COC(=O)c1sccc1NS(=O)(=O)c1cc(Cl)cc(Br)c1OC. The number of halogens is 2. The average molecular weight is 441 g/mol. The van der Waals surface area contributed by atoms with Gasteiger partial charge in [-0.15, -0.1) is 11.3 Å². The Morgan fingerprint density at radius 1 is 1.35 bits per heavy atom. The number of nitrogens with one attached hydrogen (secondary N) is 1. The summed E-state index contributed by atoms with van der Waals surface area (Å²) < 4.78 is 37.7. The first-order valence-electron chi connectivity index (χ1n) is 6.01. The first-order chi connectivity index (χ1) is 10.8. The van der Waals surface area contributed by atoms with Crippen LogP contribution in [0.3, 0.4) is 0 Å². The molecule has 0 aliphatic heterocycles. The molecule has 0 spiro atoms. The Kier molecular flexibility index (Phi) is 5.56. The van der Waals surface area contributed by atoms with E-state index in [4.69, 9.17) is 16.3 Å². The molecule has 10 heteroatoms. The molecule has 124 valence electrons. The molecule has 0 saturated carbocycles. The Balaban J connectivity index is 2.49. The lowest BCUT2D eigenvalue weighted by molar-refractivity contribution is 0.0607. The standard InChI is InChI=1S/C13H11BrClNO5S2/c1-20-11-8(14)5-7(15)6-10(11)23(18,19)16-9-3-4-22-12(9)13(17)21-2/h3-6,16H,1-2H3. The summed E-state index contributed by atoms with van der Waals surface area (Å²) in [5.74, 6) is -0.520. The Labute approximate surface area is 150 Å². The van der Waals surface area contributed by atoms with E-state index in [0.29, 0.717) is 4.47 Å². The molecule has 1 aromatic carbocycles. The number of methoxy groups -OCH3 is 2. The van der Waals surface area contributed by atoms with Gasteiger partial charge in [-0.05, 0) is 39.5 Å². The second-order valence-corrected chi connectivity index (χ2v) is 8.04. The fraction of sp³-hybridized carbons (Fsp3) is 0.154. The number of esters is 1. The van der Waals surface area contributed by atoms with Crippen LogP contribution in [0.1, 0.15) is 9.67 Å². The molecule has 0 bridgehead atoms. The number of sulfonamides is 1. The van der Waals surface area contributed by atoms with E-state index < -0.39 is 16.0 Å². The summed E-state index contributed by atoms with van der Waals surface area (Å²) in [6.07, 6.45) is 0. The molecular formula is C13H11BrClNO5S2. The van der Waals surface area contributed by atoms with Crippen molar-refractivity contribution in [2.75, 3.05) is 18.9 Å². The maximum Gasteiger partial charge on any atom is 0.350 e. The van der Waals surface area contributed by atoms with Crippen LogP contribution in [-0.4, -0.2) is 28.6 Å². The molecule has 0 saturated heterocycles. The third-order valence-electron chi connectivity index (χ3n) is 2.75.